The van der Waals surface area contributed by atoms with Crippen molar-refractivity contribution in [3.05, 3.63) is 88.5 Å². The molecule has 0 aromatic heterocycles. The number of ether oxygens (including phenoxy) is 1. The third-order valence-electron chi connectivity index (χ3n) is 8.26. The summed E-state index contributed by atoms with van der Waals surface area (Å²) in [5.41, 5.74) is 6.33. The van der Waals surface area contributed by atoms with E-state index in [9.17, 15) is 9.59 Å². The second-order valence-corrected chi connectivity index (χ2v) is 10.9. The molecule has 0 saturated carbocycles. The molecular formula is C31H34N4O3. The Kier molecular flexibility index (Phi) is 5.82. The number of nitrogens with zero attached hydrogens (tertiary/aromatic N) is 3. The van der Waals surface area contributed by atoms with Crippen molar-refractivity contribution in [3.8, 4) is 5.75 Å². The van der Waals surface area contributed by atoms with Crippen LogP contribution < -0.4 is 19.9 Å². The summed E-state index contributed by atoms with van der Waals surface area (Å²) < 4.78 is 6.44. The van der Waals surface area contributed by atoms with Gasteiger partial charge >= 0.3 is 6.03 Å². The first-order chi connectivity index (χ1) is 18.2. The Morgan fingerprint density at radius 1 is 0.974 bits per heavy atom. The fourth-order valence-corrected chi connectivity index (χ4v) is 6.07. The van der Waals surface area contributed by atoms with Crippen molar-refractivity contribution < 1.29 is 14.3 Å². The maximum absolute atomic E-state index is 13.5. The van der Waals surface area contributed by atoms with E-state index >= 15 is 0 Å². The highest BCUT2D eigenvalue weighted by Gasteiger charge is 2.50. The van der Waals surface area contributed by atoms with Crippen LogP contribution in [0.4, 0.5) is 16.2 Å². The third-order valence-corrected chi connectivity index (χ3v) is 8.26. The van der Waals surface area contributed by atoms with Gasteiger partial charge in [0.25, 0.3) is 5.91 Å². The Labute approximate surface area is 224 Å². The second-order valence-electron chi connectivity index (χ2n) is 10.9. The Bertz CT molecular complexity index is 1430. The van der Waals surface area contributed by atoms with Crippen molar-refractivity contribution in [2.45, 2.75) is 45.9 Å². The van der Waals surface area contributed by atoms with Crippen LogP contribution >= 0.6 is 0 Å². The first kappa shape index (κ1) is 24.3. The third kappa shape index (κ3) is 4.06. The summed E-state index contributed by atoms with van der Waals surface area (Å²) in [7, 11) is 0. The molecule has 0 radical (unpaired) electrons. The number of benzene rings is 3. The number of aryl methyl sites for hydroxylation is 2. The lowest BCUT2D eigenvalue weighted by atomic mass is 9.89. The molecule has 2 unspecified atom stereocenters. The predicted molar refractivity (Wildman–Crippen MR) is 149 cm³/mol. The molecule has 2 saturated heterocycles. The van der Waals surface area contributed by atoms with Crippen LogP contribution in [0.1, 0.15) is 52.0 Å². The van der Waals surface area contributed by atoms with E-state index in [2.05, 4.69) is 48.3 Å². The highest BCUT2D eigenvalue weighted by molar-refractivity contribution is 5.99. The molecule has 3 aromatic carbocycles. The van der Waals surface area contributed by atoms with Gasteiger partial charge in [-0.15, -0.1) is 0 Å². The molecule has 3 heterocycles. The summed E-state index contributed by atoms with van der Waals surface area (Å²) in [5, 5.41) is 3.15. The number of hydrogen-bond acceptors (Lipinski definition) is 4. The molecular weight excluding hydrogens is 476 g/mol. The average molecular weight is 511 g/mol. The van der Waals surface area contributed by atoms with Crippen molar-refractivity contribution in [2.75, 3.05) is 36.0 Å². The molecule has 3 aliphatic heterocycles. The first-order valence-corrected chi connectivity index (χ1v) is 13.3. The van der Waals surface area contributed by atoms with Crippen molar-refractivity contribution in [2.24, 2.45) is 0 Å². The van der Waals surface area contributed by atoms with Crippen LogP contribution in [0.3, 0.4) is 0 Å². The van der Waals surface area contributed by atoms with Gasteiger partial charge in [0.15, 0.2) is 5.72 Å². The van der Waals surface area contributed by atoms with E-state index < -0.39 is 5.72 Å². The van der Waals surface area contributed by atoms with E-state index in [0.29, 0.717) is 30.8 Å². The van der Waals surface area contributed by atoms with Crippen LogP contribution in [-0.4, -0.2) is 48.7 Å². The Balaban J connectivity index is 1.21. The SMILES string of the molecule is Cc1ccc2c(c1)C1CC(C)(O2)N(c2cccc(C(=O)N3CCN(c4cccc(C)c4C)CC3)c2)C(=O)N1. The van der Waals surface area contributed by atoms with Gasteiger partial charge in [-0.1, -0.05) is 35.9 Å². The highest BCUT2D eigenvalue weighted by Crippen LogP contribution is 2.45. The van der Waals surface area contributed by atoms with Crippen molar-refractivity contribution in [1.29, 1.82) is 0 Å². The minimum absolute atomic E-state index is 0.0155. The van der Waals surface area contributed by atoms with E-state index in [1.807, 2.05) is 55.1 Å². The van der Waals surface area contributed by atoms with Gasteiger partial charge in [-0.2, -0.15) is 0 Å². The Hall–Kier alpha value is -4.00. The van der Waals surface area contributed by atoms with Crippen LogP contribution in [0, 0.1) is 20.8 Å². The molecule has 7 nitrogen and oxygen atoms in total. The number of hydrogen-bond donors (Lipinski definition) is 1. The fraction of sp³-hybridized carbons (Fsp3) is 0.355. The summed E-state index contributed by atoms with van der Waals surface area (Å²) in [6.07, 6.45) is 0.619. The zero-order valence-corrected chi connectivity index (χ0v) is 22.5. The lowest BCUT2D eigenvalue weighted by Gasteiger charge is -2.50. The molecule has 3 aliphatic rings. The number of anilines is 2. The lowest BCUT2D eigenvalue weighted by Crippen LogP contribution is -2.65. The van der Waals surface area contributed by atoms with Gasteiger partial charge in [-0.05, 0) is 69.2 Å². The van der Waals surface area contributed by atoms with Crippen LogP contribution in [-0.2, 0) is 0 Å². The fourth-order valence-electron chi connectivity index (χ4n) is 6.07. The van der Waals surface area contributed by atoms with E-state index in [4.69, 9.17) is 4.74 Å². The van der Waals surface area contributed by atoms with Gasteiger partial charge in [-0.25, -0.2) is 4.79 Å². The van der Waals surface area contributed by atoms with Gasteiger partial charge in [0.1, 0.15) is 5.75 Å². The van der Waals surface area contributed by atoms with Gasteiger partial charge in [0, 0.05) is 49.4 Å². The van der Waals surface area contributed by atoms with Crippen molar-refractivity contribution in [3.63, 3.8) is 0 Å². The number of rotatable bonds is 3. The number of carbonyl (C=O) groups is 2. The predicted octanol–water partition coefficient (Wildman–Crippen LogP) is 5.34. The summed E-state index contributed by atoms with van der Waals surface area (Å²) in [4.78, 5) is 32.8. The molecule has 0 spiro atoms. The average Bonchev–Trinajstić information content (AvgIpc) is 2.90. The molecule has 3 aromatic rings. The summed E-state index contributed by atoms with van der Waals surface area (Å²) in [6, 6.07) is 19.5. The highest BCUT2D eigenvalue weighted by atomic mass is 16.5. The Morgan fingerprint density at radius 2 is 1.74 bits per heavy atom. The smallest absolute Gasteiger partial charge is 0.325 e. The van der Waals surface area contributed by atoms with Gasteiger partial charge in [-0.3, -0.25) is 9.69 Å². The zero-order valence-electron chi connectivity index (χ0n) is 22.5. The topological polar surface area (TPSA) is 65.1 Å². The number of nitrogens with one attached hydrogen (secondary N) is 1. The number of piperazine rings is 1. The Morgan fingerprint density at radius 3 is 2.53 bits per heavy atom. The van der Waals surface area contributed by atoms with E-state index in [0.717, 1.165) is 30.0 Å². The quantitative estimate of drug-likeness (QED) is 0.516. The summed E-state index contributed by atoms with van der Waals surface area (Å²) >= 11 is 0. The first-order valence-electron chi connectivity index (χ1n) is 13.3. The second kappa shape index (κ2) is 9.08. The van der Waals surface area contributed by atoms with E-state index in [-0.39, 0.29) is 18.0 Å². The lowest BCUT2D eigenvalue weighted by molar-refractivity contribution is 0.0377. The van der Waals surface area contributed by atoms with Crippen LogP contribution in [0.15, 0.2) is 60.7 Å². The monoisotopic (exact) mass is 510 g/mol. The standard InChI is InChI=1S/C31H34N4O3/c1-20-11-12-28-25(17-20)26-19-31(4,38-28)35(30(37)32-26)24-9-6-8-23(18-24)29(36)34-15-13-33(14-16-34)27-10-5-7-21(2)22(27)3/h5-12,17-18,26H,13-16,19H2,1-4H3,(H,32,37). The zero-order chi connectivity index (χ0) is 26.6. The van der Waals surface area contributed by atoms with Crippen LogP contribution in [0.2, 0.25) is 0 Å². The molecule has 2 fully saturated rings. The van der Waals surface area contributed by atoms with Gasteiger partial charge in [0.05, 0.1) is 11.7 Å². The molecule has 3 amide bonds. The van der Waals surface area contributed by atoms with Crippen molar-refractivity contribution in [1.82, 2.24) is 10.2 Å². The summed E-state index contributed by atoms with van der Waals surface area (Å²) in [5.74, 6) is 0.770. The van der Waals surface area contributed by atoms with Crippen LogP contribution in [0.5, 0.6) is 5.75 Å². The van der Waals surface area contributed by atoms with Gasteiger partial charge < -0.3 is 19.9 Å². The number of urea groups is 1. The number of fused-ring (bicyclic) bond motifs is 4. The molecule has 2 atom stereocenters. The van der Waals surface area contributed by atoms with Gasteiger partial charge in [0.2, 0.25) is 0 Å². The van der Waals surface area contributed by atoms with Crippen molar-refractivity contribution >= 4 is 23.3 Å². The molecule has 38 heavy (non-hydrogen) atoms. The largest absolute Gasteiger partial charge is 0.467 e. The van der Waals surface area contributed by atoms with Crippen LogP contribution in [0.25, 0.3) is 0 Å². The minimum atomic E-state index is -0.853. The molecule has 1 N–H and O–H groups in total. The maximum Gasteiger partial charge on any atom is 0.325 e. The maximum atomic E-state index is 13.5. The number of amides is 3. The van der Waals surface area contributed by atoms with E-state index in [1.165, 1.54) is 16.8 Å². The number of carbonyl (C=O) groups excluding carboxylic acids is 2. The van der Waals surface area contributed by atoms with E-state index in [1.54, 1.807) is 4.90 Å². The molecule has 0 aliphatic carbocycles. The summed E-state index contributed by atoms with van der Waals surface area (Å²) in [6.45, 7) is 11.2. The molecule has 7 heteroatoms. The minimum Gasteiger partial charge on any atom is -0.467 e. The normalized spacial score (nSPS) is 22.5. The molecule has 196 valence electrons. The molecule has 2 bridgehead atoms. The molecule has 6 rings (SSSR count).